The van der Waals surface area contributed by atoms with Gasteiger partial charge in [-0.2, -0.15) is 5.26 Å². The van der Waals surface area contributed by atoms with E-state index < -0.39 is 0 Å². The maximum Gasteiger partial charge on any atom is 0.0853 e. The standard InChI is InChI=1S/C9H11N3O/c10-5-4-8(11)9-3-1-2-7(6-13)12-9/h1-3,8,13H,4,6,11H2/t8-/m0/s1. The summed E-state index contributed by atoms with van der Waals surface area (Å²) in [6.07, 6.45) is 0.238. The van der Waals surface area contributed by atoms with Gasteiger partial charge >= 0.3 is 0 Å². The molecule has 68 valence electrons. The fraction of sp³-hybridized carbons (Fsp3) is 0.333. The molecule has 4 heteroatoms. The molecular formula is C9H11N3O. The summed E-state index contributed by atoms with van der Waals surface area (Å²) in [6.45, 7) is -0.104. The van der Waals surface area contributed by atoms with Crippen LogP contribution in [0.4, 0.5) is 0 Å². The number of nitriles is 1. The van der Waals surface area contributed by atoms with Gasteiger partial charge in [-0.25, -0.2) is 0 Å². The fourth-order valence-corrected chi connectivity index (χ4v) is 0.996. The van der Waals surface area contributed by atoms with Crippen molar-refractivity contribution in [2.24, 2.45) is 5.73 Å². The van der Waals surface area contributed by atoms with Crippen molar-refractivity contribution in [3.05, 3.63) is 29.6 Å². The first kappa shape index (κ1) is 9.65. The third kappa shape index (κ3) is 2.51. The highest BCUT2D eigenvalue weighted by atomic mass is 16.3. The van der Waals surface area contributed by atoms with Crippen molar-refractivity contribution in [3.63, 3.8) is 0 Å². The van der Waals surface area contributed by atoms with Gasteiger partial charge in [-0.15, -0.1) is 0 Å². The average Bonchev–Trinajstić information content (AvgIpc) is 2.18. The minimum Gasteiger partial charge on any atom is -0.390 e. The summed E-state index contributed by atoms with van der Waals surface area (Å²) in [7, 11) is 0. The van der Waals surface area contributed by atoms with Crippen LogP contribution in [0.5, 0.6) is 0 Å². The molecule has 0 radical (unpaired) electrons. The van der Waals surface area contributed by atoms with Gasteiger partial charge in [0.25, 0.3) is 0 Å². The van der Waals surface area contributed by atoms with E-state index in [-0.39, 0.29) is 19.1 Å². The Morgan fingerprint density at radius 1 is 1.62 bits per heavy atom. The highest BCUT2D eigenvalue weighted by Crippen LogP contribution is 2.10. The van der Waals surface area contributed by atoms with Crippen molar-refractivity contribution in [1.29, 1.82) is 5.26 Å². The summed E-state index contributed by atoms with van der Waals surface area (Å²) in [5.74, 6) is 0. The summed E-state index contributed by atoms with van der Waals surface area (Å²) >= 11 is 0. The zero-order valence-corrected chi connectivity index (χ0v) is 7.14. The molecule has 13 heavy (non-hydrogen) atoms. The molecule has 1 aromatic rings. The van der Waals surface area contributed by atoms with Crippen LogP contribution < -0.4 is 5.73 Å². The predicted octanol–water partition coefficient (Wildman–Crippen LogP) is 0.487. The van der Waals surface area contributed by atoms with Gasteiger partial charge in [0.05, 0.1) is 36.5 Å². The Hall–Kier alpha value is -1.44. The summed E-state index contributed by atoms with van der Waals surface area (Å²) in [6, 6.07) is 6.84. The normalized spacial score (nSPS) is 12.1. The molecule has 0 unspecified atom stereocenters. The molecule has 0 aliphatic rings. The Bertz CT molecular complexity index is 319. The van der Waals surface area contributed by atoms with E-state index in [1.165, 1.54) is 0 Å². The van der Waals surface area contributed by atoms with Gasteiger partial charge in [0.15, 0.2) is 0 Å². The smallest absolute Gasteiger partial charge is 0.0853 e. The maximum absolute atomic E-state index is 8.81. The van der Waals surface area contributed by atoms with Crippen LogP contribution in [0.2, 0.25) is 0 Å². The van der Waals surface area contributed by atoms with Crippen molar-refractivity contribution in [2.45, 2.75) is 19.1 Å². The van der Waals surface area contributed by atoms with E-state index in [0.717, 1.165) is 0 Å². The number of pyridine rings is 1. The molecule has 0 fully saturated rings. The Labute approximate surface area is 76.6 Å². The summed E-state index contributed by atoms with van der Waals surface area (Å²) < 4.78 is 0. The molecule has 4 nitrogen and oxygen atoms in total. The lowest BCUT2D eigenvalue weighted by molar-refractivity contribution is 0.276. The third-order valence-electron chi connectivity index (χ3n) is 1.68. The molecule has 3 N–H and O–H groups in total. The molecule has 0 spiro atoms. The summed E-state index contributed by atoms with van der Waals surface area (Å²) in [5, 5.41) is 17.2. The quantitative estimate of drug-likeness (QED) is 0.703. The molecule has 1 rings (SSSR count). The van der Waals surface area contributed by atoms with Crippen LogP contribution in [0.3, 0.4) is 0 Å². The van der Waals surface area contributed by atoms with Crippen molar-refractivity contribution in [1.82, 2.24) is 4.98 Å². The average molecular weight is 177 g/mol. The van der Waals surface area contributed by atoms with Crippen LogP contribution in [0.15, 0.2) is 18.2 Å². The number of nitrogens with two attached hydrogens (primary N) is 1. The van der Waals surface area contributed by atoms with Crippen molar-refractivity contribution >= 4 is 0 Å². The second-order valence-electron chi connectivity index (χ2n) is 2.68. The van der Waals surface area contributed by atoms with E-state index in [9.17, 15) is 0 Å². The number of hydrogen-bond donors (Lipinski definition) is 2. The van der Waals surface area contributed by atoms with Crippen LogP contribution in [-0.2, 0) is 6.61 Å². The first-order valence-electron chi connectivity index (χ1n) is 3.97. The molecule has 1 aromatic heterocycles. The molecule has 0 amide bonds. The number of nitrogens with zero attached hydrogens (tertiary/aromatic N) is 2. The number of aliphatic hydroxyl groups is 1. The molecular weight excluding hydrogens is 166 g/mol. The van der Waals surface area contributed by atoms with Gasteiger partial charge in [-0.3, -0.25) is 4.98 Å². The molecule has 0 aliphatic heterocycles. The highest BCUT2D eigenvalue weighted by molar-refractivity contribution is 5.14. The van der Waals surface area contributed by atoms with E-state index in [0.29, 0.717) is 11.4 Å². The summed E-state index contributed by atoms with van der Waals surface area (Å²) in [4.78, 5) is 4.08. The second-order valence-corrected chi connectivity index (χ2v) is 2.68. The van der Waals surface area contributed by atoms with E-state index in [1.54, 1.807) is 18.2 Å². The Morgan fingerprint density at radius 2 is 2.38 bits per heavy atom. The van der Waals surface area contributed by atoms with Crippen molar-refractivity contribution in [2.75, 3.05) is 0 Å². The summed E-state index contributed by atoms with van der Waals surface area (Å²) in [5.41, 5.74) is 6.88. The van der Waals surface area contributed by atoms with Crippen molar-refractivity contribution in [3.8, 4) is 6.07 Å². The zero-order valence-electron chi connectivity index (χ0n) is 7.14. The van der Waals surface area contributed by atoms with Gasteiger partial charge in [0, 0.05) is 0 Å². The van der Waals surface area contributed by atoms with Crippen LogP contribution >= 0.6 is 0 Å². The van der Waals surface area contributed by atoms with E-state index in [1.807, 2.05) is 6.07 Å². The maximum atomic E-state index is 8.81. The van der Waals surface area contributed by atoms with E-state index in [4.69, 9.17) is 16.1 Å². The lowest BCUT2D eigenvalue weighted by Crippen LogP contribution is -2.11. The number of aromatic nitrogens is 1. The molecule has 0 aromatic carbocycles. The monoisotopic (exact) mass is 177 g/mol. The lowest BCUT2D eigenvalue weighted by Gasteiger charge is -2.07. The zero-order chi connectivity index (χ0) is 9.68. The number of rotatable bonds is 3. The molecule has 0 saturated carbocycles. The molecule has 0 bridgehead atoms. The van der Waals surface area contributed by atoms with Crippen LogP contribution in [0.25, 0.3) is 0 Å². The first-order valence-corrected chi connectivity index (χ1v) is 3.97. The Balaban J connectivity index is 2.83. The first-order chi connectivity index (χ1) is 6.27. The topological polar surface area (TPSA) is 82.9 Å². The third-order valence-corrected chi connectivity index (χ3v) is 1.68. The molecule has 1 heterocycles. The van der Waals surface area contributed by atoms with Gasteiger partial charge in [0.1, 0.15) is 0 Å². The van der Waals surface area contributed by atoms with Crippen LogP contribution in [-0.4, -0.2) is 10.1 Å². The highest BCUT2D eigenvalue weighted by Gasteiger charge is 2.06. The molecule has 0 saturated heterocycles. The SMILES string of the molecule is N#CC[C@H](N)c1cccc(CO)n1. The predicted molar refractivity (Wildman–Crippen MR) is 47.3 cm³/mol. The van der Waals surface area contributed by atoms with Gasteiger partial charge in [-0.05, 0) is 12.1 Å². The Kier molecular flexibility index (Phi) is 3.38. The van der Waals surface area contributed by atoms with Gasteiger partial charge < -0.3 is 10.8 Å². The van der Waals surface area contributed by atoms with Gasteiger partial charge in [0.2, 0.25) is 0 Å². The Morgan fingerprint density at radius 3 is 3.00 bits per heavy atom. The van der Waals surface area contributed by atoms with Crippen LogP contribution in [0.1, 0.15) is 23.9 Å². The molecule has 0 aliphatic carbocycles. The second kappa shape index (κ2) is 4.55. The van der Waals surface area contributed by atoms with Crippen molar-refractivity contribution < 1.29 is 5.11 Å². The minimum atomic E-state index is -0.364. The van der Waals surface area contributed by atoms with E-state index in [2.05, 4.69) is 4.98 Å². The fourth-order valence-electron chi connectivity index (χ4n) is 0.996. The van der Waals surface area contributed by atoms with E-state index >= 15 is 0 Å². The minimum absolute atomic E-state index is 0.104. The van der Waals surface area contributed by atoms with Crippen LogP contribution in [0, 0.1) is 11.3 Å². The number of aliphatic hydroxyl groups excluding tert-OH is 1. The molecule has 1 atom stereocenters. The number of hydrogen-bond acceptors (Lipinski definition) is 4. The largest absolute Gasteiger partial charge is 0.390 e. The van der Waals surface area contributed by atoms with Gasteiger partial charge in [-0.1, -0.05) is 6.07 Å². The lowest BCUT2D eigenvalue weighted by atomic mass is 10.1.